The zero-order valence-corrected chi connectivity index (χ0v) is 9.64. The van der Waals surface area contributed by atoms with Gasteiger partial charge in [0.25, 0.3) is 0 Å². The molecular formula is C11H16N2OS. The van der Waals surface area contributed by atoms with Crippen molar-refractivity contribution < 1.29 is 4.79 Å². The molecule has 2 amide bonds. The number of rotatable bonds is 5. The Hall–Kier alpha value is -1.16. The maximum Gasteiger partial charge on any atom is 0.314 e. The molecule has 1 aromatic carbocycles. The maximum absolute atomic E-state index is 11.0. The smallest absolute Gasteiger partial charge is 0.314 e. The summed E-state index contributed by atoms with van der Waals surface area (Å²) in [6, 6.07) is 10.1. The van der Waals surface area contributed by atoms with E-state index >= 15 is 0 Å². The van der Waals surface area contributed by atoms with Crippen LogP contribution in [0.4, 0.5) is 4.79 Å². The predicted octanol–water partition coefficient (Wildman–Crippen LogP) is 2.10. The topological polar surface area (TPSA) is 41.1 Å². The van der Waals surface area contributed by atoms with E-state index < -0.39 is 0 Å². The van der Waals surface area contributed by atoms with Crippen LogP contribution in [0.25, 0.3) is 0 Å². The van der Waals surface area contributed by atoms with Gasteiger partial charge in [-0.2, -0.15) is 0 Å². The van der Waals surface area contributed by atoms with Crippen LogP contribution in [0.1, 0.15) is 6.92 Å². The van der Waals surface area contributed by atoms with Gasteiger partial charge < -0.3 is 10.6 Å². The number of urea groups is 1. The second-order valence-corrected chi connectivity index (χ2v) is 4.12. The second kappa shape index (κ2) is 7.17. The fraction of sp³-hybridized carbons (Fsp3) is 0.364. The van der Waals surface area contributed by atoms with E-state index in [2.05, 4.69) is 22.8 Å². The van der Waals surface area contributed by atoms with Gasteiger partial charge in [-0.25, -0.2) is 4.79 Å². The van der Waals surface area contributed by atoms with Crippen molar-refractivity contribution >= 4 is 17.8 Å². The van der Waals surface area contributed by atoms with Crippen LogP contribution >= 0.6 is 11.8 Å². The van der Waals surface area contributed by atoms with Crippen molar-refractivity contribution in [3.05, 3.63) is 30.3 Å². The summed E-state index contributed by atoms with van der Waals surface area (Å²) >= 11 is 1.74. The van der Waals surface area contributed by atoms with Crippen LogP contribution in [0.3, 0.4) is 0 Å². The molecule has 0 heterocycles. The largest absolute Gasteiger partial charge is 0.338 e. The molecule has 0 spiro atoms. The van der Waals surface area contributed by atoms with E-state index in [1.807, 2.05) is 25.1 Å². The number of carbonyl (C=O) groups excluding carboxylic acids is 1. The van der Waals surface area contributed by atoms with Crippen molar-refractivity contribution in [1.29, 1.82) is 0 Å². The molecule has 3 nitrogen and oxygen atoms in total. The first-order valence-corrected chi connectivity index (χ1v) is 6.01. The van der Waals surface area contributed by atoms with Crippen LogP contribution in [-0.2, 0) is 0 Å². The summed E-state index contributed by atoms with van der Waals surface area (Å²) in [5.41, 5.74) is 0. The zero-order valence-electron chi connectivity index (χ0n) is 8.82. The Morgan fingerprint density at radius 1 is 1.27 bits per heavy atom. The molecule has 0 saturated carbocycles. The molecule has 82 valence electrons. The minimum atomic E-state index is -0.0915. The van der Waals surface area contributed by atoms with Gasteiger partial charge in [0, 0.05) is 23.7 Å². The number of hydrogen-bond donors (Lipinski definition) is 2. The van der Waals surface area contributed by atoms with E-state index in [1.54, 1.807) is 11.8 Å². The van der Waals surface area contributed by atoms with Crippen LogP contribution < -0.4 is 10.6 Å². The van der Waals surface area contributed by atoms with Crippen LogP contribution in [-0.4, -0.2) is 24.9 Å². The summed E-state index contributed by atoms with van der Waals surface area (Å²) in [5, 5.41) is 5.47. The molecule has 0 aliphatic heterocycles. The highest BCUT2D eigenvalue weighted by Crippen LogP contribution is 2.15. The number of benzene rings is 1. The molecule has 15 heavy (non-hydrogen) atoms. The van der Waals surface area contributed by atoms with Gasteiger partial charge in [-0.1, -0.05) is 18.2 Å². The highest BCUT2D eigenvalue weighted by molar-refractivity contribution is 7.99. The van der Waals surface area contributed by atoms with Crippen molar-refractivity contribution in [2.45, 2.75) is 11.8 Å². The Morgan fingerprint density at radius 2 is 2.00 bits per heavy atom. The minimum absolute atomic E-state index is 0.0915. The van der Waals surface area contributed by atoms with Crippen molar-refractivity contribution in [1.82, 2.24) is 10.6 Å². The van der Waals surface area contributed by atoms with E-state index in [4.69, 9.17) is 0 Å². The minimum Gasteiger partial charge on any atom is -0.338 e. The standard InChI is InChI=1S/C11H16N2OS/c1-2-12-11(14)13-8-9-15-10-6-4-3-5-7-10/h3-7H,2,8-9H2,1H3,(H2,12,13,14). The lowest BCUT2D eigenvalue weighted by Crippen LogP contribution is -2.36. The lowest BCUT2D eigenvalue weighted by Gasteiger charge is -2.05. The lowest BCUT2D eigenvalue weighted by molar-refractivity contribution is 0.242. The number of carbonyl (C=O) groups is 1. The number of thioether (sulfide) groups is 1. The average Bonchev–Trinajstić information content (AvgIpc) is 2.26. The molecule has 0 fully saturated rings. The molecule has 0 radical (unpaired) electrons. The Bertz CT molecular complexity index is 290. The van der Waals surface area contributed by atoms with Crippen molar-refractivity contribution in [3.8, 4) is 0 Å². The fourth-order valence-electron chi connectivity index (χ4n) is 1.07. The lowest BCUT2D eigenvalue weighted by atomic mass is 10.4. The first-order chi connectivity index (χ1) is 7.33. The Balaban J connectivity index is 2.10. The van der Waals surface area contributed by atoms with Gasteiger partial charge in [-0.15, -0.1) is 11.8 Å². The molecule has 1 aromatic rings. The molecule has 0 bridgehead atoms. The van der Waals surface area contributed by atoms with Gasteiger partial charge >= 0.3 is 6.03 Å². The van der Waals surface area contributed by atoms with Gasteiger partial charge in [0.1, 0.15) is 0 Å². The van der Waals surface area contributed by atoms with E-state index in [0.717, 1.165) is 5.75 Å². The maximum atomic E-state index is 11.0. The van der Waals surface area contributed by atoms with E-state index in [0.29, 0.717) is 13.1 Å². The van der Waals surface area contributed by atoms with Gasteiger partial charge in [-0.3, -0.25) is 0 Å². The fourth-order valence-corrected chi connectivity index (χ4v) is 1.86. The molecule has 0 aromatic heterocycles. The summed E-state index contributed by atoms with van der Waals surface area (Å²) in [5.74, 6) is 0.890. The van der Waals surface area contributed by atoms with Crippen molar-refractivity contribution in [2.24, 2.45) is 0 Å². The van der Waals surface area contributed by atoms with E-state index in [1.165, 1.54) is 4.90 Å². The normalized spacial score (nSPS) is 9.67. The zero-order chi connectivity index (χ0) is 10.9. The third-order valence-corrected chi connectivity index (χ3v) is 2.75. The SMILES string of the molecule is CCNC(=O)NCCSc1ccccc1. The third-order valence-electron chi connectivity index (χ3n) is 1.74. The van der Waals surface area contributed by atoms with Gasteiger partial charge in [0.15, 0.2) is 0 Å². The summed E-state index contributed by atoms with van der Waals surface area (Å²) in [6.07, 6.45) is 0. The molecule has 0 saturated heterocycles. The van der Waals surface area contributed by atoms with Gasteiger partial charge in [0.05, 0.1) is 0 Å². The Kier molecular flexibility index (Phi) is 5.70. The monoisotopic (exact) mass is 224 g/mol. The second-order valence-electron chi connectivity index (χ2n) is 2.95. The highest BCUT2D eigenvalue weighted by atomic mass is 32.2. The third kappa shape index (κ3) is 5.32. The molecule has 2 N–H and O–H groups in total. The van der Waals surface area contributed by atoms with Gasteiger partial charge in [-0.05, 0) is 19.1 Å². The van der Waals surface area contributed by atoms with Crippen molar-refractivity contribution in [3.63, 3.8) is 0 Å². The molecule has 0 aliphatic carbocycles. The van der Waals surface area contributed by atoms with Crippen molar-refractivity contribution in [2.75, 3.05) is 18.8 Å². The van der Waals surface area contributed by atoms with Crippen LogP contribution in [0, 0.1) is 0 Å². The average molecular weight is 224 g/mol. The van der Waals surface area contributed by atoms with Crippen LogP contribution in [0.5, 0.6) is 0 Å². The molecule has 1 rings (SSSR count). The van der Waals surface area contributed by atoms with Crippen LogP contribution in [0.2, 0.25) is 0 Å². The number of nitrogens with one attached hydrogen (secondary N) is 2. The molecule has 4 heteroatoms. The highest BCUT2D eigenvalue weighted by Gasteiger charge is 1.96. The quantitative estimate of drug-likeness (QED) is 0.594. The predicted molar refractivity (Wildman–Crippen MR) is 64.2 cm³/mol. The van der Waals surface area contributed by atoms with Crippen LogP contribution in [0.15, 0.2) is 35.2 Å². The number of amides is 2. The summed E-state index contributed by atoms with van der Waals surface area (Å²) < 4.78 is 0. The Labute approximate surface area is 94.6 Å². The first-order valence-electron chi connectivity index (χ1n) is 5.02. The first kappa shape index (κ1) is 11.9. The molecule has 0 atom stereocenters. The summed E-state index contributed by atoms with van der Waals surface area (Å²) in [7, 11) is 0. The molecule has 0 unspecified atom stereocenters. The summed E-state index contributed by atoms with van der Waals surface area (Å²) in [4.78, 5) is 12.3. The number of hydrogen-bond acceptors (Lipinski definition) is 2. The van der Waals surface area contributed by atoms with Gasteiger partial charge in [0.2, 0.25) is 0 Å². The molecule has 0 aliphatic rings. The molecular weight excluding hydrogens is 208 g/mol. The summed E-state index contributed by atoms with van der Waals surface area (Å²) in [6.45, 7) is 3.25. The van der Waals surface area contributed by atoms with E-state index in [9.17, 15) is 4.79 Å². The Morgan fingerprint density at radius 3 is 2.67 bits per heavy atom. The van der Waals surface area contributed by atoms with E-state index in [-0.39, 0.29) is 6.03 Å².